The summed E-state index contributed by atoms with van der Waals surface area (Å²) in [5, 5.41) is 10.5. The first-order valence-corrected chi connectivity index (χ1v) is 4.87. The molecule has 0 atom stereocenters. The minimum Gasteiger partial charge on any atom is -0.155 e. The van der Waals surface area contributed by atoms with Crippen molar-refractivity contribution >= 4 is 26.7 Å². The molecule has 0 bridgehead atoms. The zero-order valence-electron chi connectivity index (χ0n) is 7.50. The van der Waals surface area contributed by atoms with Gasteiger partial charge in [-0.3, -0.25) is 0 Å². The first-order valence-electron chi connectivity index (χ1n) is 4.07. The average Bonchev–Trinajstić information content (AvgIpc) is 2.12. The number of aryl methyl sites for hydroxylation is 2. The van der Waals surface area contributed by atoms with Crippen LogP contribution >= 0.6 is 15.9 Å². The van der Waals surface area contributed by atoms with Crippen molar-refractivity contribution in [3.8, 4) is 0 Å². The second-order valence-electron chi connectivity index (χ2n) is 3.06. The van der Waals surface area contributed by atoms with Gasteiger partial charge in [0.25, 0.3) is 0 Å². The maximum Gasteiger partial charge on any atom is 0.0679 e. The van der Waals surface area contributed by atoms with Crippen LogP contribution in [-0.4, -0.2) is 10.2 Å². The summed E-state index contributed by atoms with van der Waals surface area (Å²) in [7, 11) is 0. The van der Waals surface area contributed by atoms with Crippen LogP contribution in [0.15, 0.2) is 22.7 Å². The summed E-state index contributed by atoms with van der Waals surface area (Å²) in [6.07, 6.45) is 0. The fourth-order valence-electron chi connectivity index (χ4n) is 1.39. The second kappa shape index (κ2) is 3.07. The van der Waals surface area contributed by atoms with Crippen LogP contribution in [0.2, 0.25) is 0 Å². The lowest BCUT2D eigenvalue weighted by molar-refractivity contribution is 0.964. The second-order valence-corrected chi connectivity index (χ2v) is 3.98. The normalized spacial score (nSPS) is 10.7. The molecule has 2 nitrogen and oxygen atoms in total. The highest BCUT2D eigenvalue weighted by molar-refractivity contribution is 9.10. The quantitative estimate of drug-likeness (QED) is 0.703. The minimum absolute atomic E-state index is 0.974. The molecule has 66 valence electrons. The molecule has 0 spiro atoms. The lowest BCUT2D eigenvalue weighted by atomic mass is 10.1. The Hall–Kier alpha value is -0.960. The smallest absolute Gasteiger partial charge is 0.0679 e. The summed E-state index contributed by atoms with van der Waals surface area (Å²) in [5.74, 6) is 0. The molecule has 1 heterocycles. The molecule has 13 heavy (non-hydrogen) atoms. The van der Waals surface area contributed by atoms with E-state index in [0.29, 0.717) is 0 Å². The molecular weight excluding hydrogens is 228 g/mol. The van der Waals surface area contributed by atoms with E-state index in [2.05, 4.69) is 38.3 Å². The maximum absolute atomic E-state index is 4.08. The summed E-state index contributed by atoms with van der Waals surface area (Å²) < 4.78 is 1.08. The largest absolute Gasteiger partial charge is 0.155 e. The summed E-state index contributed by atoms with van der Waals surface area (Å²) in [6.45, 7) is 3.95. The van der Waals surface area contributed by atoms with Crippen molar-refractivity contribution in [3.05, 3.63) is 34.1 Å². The minimum atomic E-state index is 0.974. The van der Waals surface area contributed by atoms with E-state index in [1.54, 1.807) is 0 Å². The van der Waals surface area contributed by atoms with Crippen LogP contribution in [0.4, 0.5) is 0 Å². The van der Waals surface area contributed by atoms with E-state index in [1.807, 2.05) is 19.9 Å². The number of hydrogen-bond acceptors (Lipinski definition) is 2. The highest BCUT2D eigenvalue weighted by Crippen LogP contribution is 2.22. The molecule has 0 radical (unpaired) electrons. The predicted octanol–water partition coefficient (Wildman–Crippen LogP) is 3.01. The molecule has 0 fully saturated rings. The molecule has 1 aromatic carbocycles. The van der Waals surface area contributed by atoms with Gasteiger partial charge in [0.15, 0.2) is 0 Å². The summed E-state index contributed by atoms with van der Waals surface area (Å²) >= 11 is 3.44. The molecule has 0 aliphatic rings. The predicted molar refractivity (Wildman–Crippen MR) is 56.7 cm³/mol. The van der Waals surface area contributed by atoms with Crippen LogP contribution in [0.1, 0.15) is 11.4 Å². The van der Waals surface area contributed by atoms with Gasteiger partial charge in [0.2, 0.25) is 0 Å². The van der Waals surface area contributed by atoms with Gasteiger partial charge in [-0.05, 0) is 26.0 Å². The van der Waals surface area contributed by atoms with Crippen LogP contribution in [0.3, 0.4) is 0 Å². The standard InChI is InChI=1S/C10H9BrN2/c1-6-9-4-3-8(11)5-10(9)7(2)13-12-6/h3-5H,1-2H3. The van der Waals surface area contributed by atoms with Gasteiger partial charge in [-0.1, -0.05) is 22.0 Å². The van der Waals surface area contributed by atoms with Crippen molar-refractivity contribution in [1.82, 2.24) is 10.2 Å². The van der Waals surface area contributed by atoms with Crippen molar-refractivity contribution in [2.24, 2.45) is 0 Å². The molecular formula is C10H9BrN2. The number of fused-ring (bicyclic) bond motifs is 1. The van der Waals surface area contributed by atoms with Crippen molar-refractivity contribution in [2.45, 2.75) is 13.8 Å². The zero-order chi connectivity index (χ0) is 9.42. The monoisotopic (exact) mass is 236 g/mol. The SMILES string of the molecule is Cc1nnc(C)c2cc(Br)ccc12. The van der Waals surface area contributed by atoms with Gasteiger partial charge in [0.1, 0.15) is 0 Å². The highest BCUT2D eigenvalue weighted by atomic mass is 79.9. The van der Waals surface area contributed by atoms with Gasteiger partial charge in [0, 0.05) is 15.2 Å². The lowest BCUT2D eigenvalue weighted by Crippen LogP contribution is -1.92. The van der Waals surface area contributed by atoms with E-state index >= 15 is 0 Å². The average molecular weight is 237 g/mol. The Morgan fingerprint density at radius 2 is 1.62 bits per heavy atom. The molecule has 1 aromatic heterocycles. The number of rotatable bonds is 0. The fraction of sp³-hybridized carbons (Fsp3) is 0.200. The molecule has 0 N–H and O–H groups in total. The molecule has 0 aliphatic carbocycles. The van der Waals surface area contributed by atoms with E-state index in [-0.39, 0.29) is 0 Å². The summed E-state index contributed by atoms with van der Waals surface area (Å²) in [6, 6.07) is 6.17. The van der Waals surface area contributed by atoms with Gasteiger partial charge < -0.3 is 0 Å². The van der Waals surface area contributed by atoms with Crippen LogP contribution in [0, 0.1) is 13.8 Å². The molecule has 2 rings (SSSR count). The van der Waals surface area contributed by atoms with Crippen LogP contribution in [-0.2, 0) is 0 Å². The van der Waals surface area contributed by atoms with Crippen molar-refractivity contribution in [2.75, 3.05) is 0 Å². The van der Waals surface area contributed by atoms with Gasteiger partial charge in [0.05, 0.1) is 11.4 Å². The number of aromatic nitrogens is 2. The number of nitrogens with zero attached hydrogens (tertiary/aromatic N) is 2. The first kappa shape index (κ1) is 8.63. The number of hydrogen-bond donors (Lipinski definition) is 0. The van der Waals surface area contributed by atoms with Crippen molar-refractivity contribution < 1.29 is 0 Å². The topological polar surface area (TPSA) is 25.8 Å². The molecule has 2 aromatic rings. The Kier molecular flexibility index (Phi) is 2.04. The Labute approximate surface area is 85.1 Å². The zero-order valence-corrected chi connectivity index (χ0v) is 9.09. The van der Waals surface area contributed by atoms with E-state index < -0.39 is 0 Å². The van der Waals surface area contributed by atoms with Crippen LogP contribution < -0.4 is 0 Å². The van der Waals surface area contributed by atoms with Gasteiger partial charge >= 0.3 is 0 Å². The highest BCUT2D eigenvalue weighted by Gasteiger charge is 2.02. The van der Waals surface area contributed by atoms with Crippen LogP contribution in [0.25, 0.3) is 10.8 Å². The molecule has 3 heteroatoms. The first-order chi connectivity index (χ1) is 6.18. The fourth-order valence-corrected chi connectivity index (χ4v) is 1.75. The van der Waals surface area contributed by atoms with Gasteiger partial charge in [-0.25, -0.2) is 0 Å². The molecule has 0 saturated heterocycles. The van der Waals surface area contributed by atoms with Crippen LogP contribution in [0.5, 0.6) is 0 Å². The Balaban J connectivity index is 2.92. The van der Waals surface area contributed by atoms with E-state index in [4.69, 9.17) is 0 Å². The maximum atomic E-state index is 4.08. The Morgan fingerprint density at radius 3 is 2.31 bits per heavy atom. The van der Waals surface area contributed by atoms with Gasteiger partial charge in [-0.2, -0.15) is 10.2 Å². The molecule has 0 aliphatic heterocycles. The third-order valence-electron chi connectivity index (χ3n) is 2.11. The van der Waals surface area contributed by atoms with Crippen molar-refractivity contribution in [1.29, 1.82) is 0 Å². The molecule has 0 unspecified atom stereocenters. The third-order valence-corrected chi connectivity index (χ3v) is 2.60. The number of halogens is 1. The van der Waals surface area contributed by atoms with Gasteiger partial charge in [-0.15, -0.1) is 0 Å². The molecule has 0 saturated carbocycles. The summed E-state index contributed by atoms with van der Waals surface area (Å²) in [5.41, 5.74) is 1.95. The third kappa shape index (κ3) is 1.44. The van der Waals surface area contributed by atoms with E-state index in [0.717, 1.165) is 15.9 Å². The number of benzene rings is 1. The Morgan fingerprint density at radius 1 is 1.00 bits per heavy atom. The van der Waals surface area contributed by atoms with E-state index in [1.165, 1.54) is 10.8 Å². The van der Waals surface area contributed by atoms with E-state index in [9.17, 15) is 0 Å². The Bertz CT molecular complexity index is 466. The molecule has 0 amide bonds. The lowest BCUT2D eigenvalue weighted by Gasteiger charge is -2.03. The summed E-state index contributed by atoms with van der Waals surface area (Å²) in [4.78, 5) is 0. The van der Waals surface area contributed by atoms with Crippen molar-refractivity contribution in [3.63, 3.8) is 0 Å².